The molecule has 7 nitrogen and oxygen atoms in total. The maximum absolute atomic E-state index is 13.4. The third-order valence-corrected chi connectivity index (χ3v) is 6.47. The number of halogens is 1. The number of piperidine rings is 1. The molecule has 0 bridgehead atoms. The second-order valence-corrected chi connectivity index (χ2v) is 9.72. The highest BCUT2D eigenvalue weighted by atomic mass is 35.5. The number of amides is 2. The highest BCUT2D eigenvalue weighted by molar-refractivity contribution is 6.30. The van der Waals surface area contributed by atoms with Gasteiger partial charge >= 0.3 is 0 Å². The predicted octanol–water partition coefficient (Wildman–Crippen LogP) is 2.82. The zero-order valence-electron chi connectivity index (χ0n) is 18.5. The van der Waals surface area contributed by atoms with Gasteiger partial charge in [-0.05, 0) is 30.0 Å². The molecule has 1 aliphatic heterocycles. The molecule has 1 aliphatic rings. The van der Waals surface area contributed by atoms with Gasteiger partial charge in [0.15, 0.2) is 0 Å². The molecule has 0 unspecified atom stereocenters. The van der Waals surface area contributed by atoms with Gasteiger partial charge in [0, 0.05) is 35.9 Å². The molecule has 3 rings (SSSR count). The van der Waals surface area contributed by atoms with Gasteiger partial charge in [0.1, 0.15) is 12.6 Å². The van der Waals surface area contributed by atoms with Crippen molar-refractivity contribution in [2.75, 3.05) is 13.1 Å². The Bertz CT molecular complexity index is 911. The van der Waals surface area contributed by atoms with E-state index in [4.69, 9.17) is 11.6 Å². The van der Waals surface area contributed by atoms with Crippen molar-refractivity contribution in [2.24, 2.45) is 11.3 Å². The number of carbonyl (C=O) groups is 2. The van der Waals surface area contributed by atoms with Crippen LogP contribution in [0.15, 0.2) is 43.0 Å². The van der Waals surface area contributed by atoms with E-state index in [9.17, 15) is 14.7 Å². The van der Waals surface area contributed by atoms with Crippen LogP contribution in [0.4, 0.5) is 0 Å². The van der Waals surface area contributed by atoms with Crippen LogP contribution >= 0.6 is 11.6 Å². The van der Waals surface area contributed by atoms with Crippen LogP contribution in [0.3, 0.4) is 0 Å². The maximum Gasteiger partial charge on any atom is 0.245 e. The number of rotatable bonds is 6. The first-order valence-electron chi connectivity index (χ1n) is 10.6. The minimum atomic E-state index is -1.08. The number of nitrogens with zero attached hydrogens (tertiary/aromatic N) is 3. The van der Waals surface area contributed by atoms with Gasteiger partial charge in [0.05, 0.1) is 11.9 Å². The number of imidazole rings is 1. The molecule has 1 aromatic heterocycles. The van der Waals surface area contributed by atoms with Crippen LogP contribution in [0, 0.1) is 11.3 Å². The molecule has 2 aromatic rings. The van der Waals surface area contributed by atoms with Gasteiger partial charge in [-0.25, -0.2) is 4.98 Å². The summed E-state index contributed by atoms with van der Waals surface area (Å²) in [6, 6.07) is 6.59. The third kappa shape index (κ3) is 4.93. The Kier molecular flexibility index (Phi) is 6.76. The van der Waals surface area contributed by atoms with Crippen LogP contribution < -0.4 is 5.32 Å². The molecule has 2 atom stereocenters. The Morgan fingerprint density at radius 2 is 1.94 bits per heavy atom. The second kappa shape index (κ2) is 9.01. The molecule has 2 heterocycles. The van der Waals surface area contributed by atoms with Crippen molar-refractivity contribution < 1.29 is 14.7 Å². The first-order chi connectivity index (χ1) is 14.5. The molecule has 168 valence electrons. The summed E-state index contributed by atoms with van der Waals surface area (Å²) in [6.45, 7) is 8.65. The van der Waals surface area contributed by atoms with E-state index < -0.39 is 17.1 Å². The summed E-state index contributed by atoms with van der Waals surface area (Å²) in [4.78, 5) is 31.5. The lowest BCUT2D eigenvalue weighted by Crippen LogP contribution is -2.60. The number of aliphatic hydroxyl groups is 1. The minimum absolute atomic E-state index is 0.0700. The summed E-state index contributed by atoms with van der Waals surface area (Å²) in [5.41, 5.74) is -0.869. The fourth-order valence-corrected chi connectivity index (χ4v) is 4.37. The van der Waals surface area contributed by atoms with E-state index >= 15 is 0 Å². The van der Waals surface area contributed by atoms with E-state index in [1.807, 2.05) is 39.8 Å². The van der Waals surface area contributed by atoms with Gasteiger partial charge in [-0.2, -0.15) is 0 Å². The minimum Gasteiger partial charge on any atom is -0.384 e. The summed E-state index contributed by atoms with van der Waals surface area (Å²) in [7, 11) is 0. The van der Waals surface area contributed by atoms with Crippen molar-refractivity contribution in [3.63, 3.8) is 0 Å². The van der Waals surface area contributed by atoms with Gasteiger partial charge in [0.2, 0.25) is 11.8 Å². The Hall–Kier alpha value is -2.38. The van der Waals surface area contributed by atoms with Gasteiger partial charge in [0.25, 0.3) is 0 Å². The summed E-state index contributed by atoms with van der Waals surface area (Å²) in [5.74, 6) is -0.432. The molecule has 8 heteroatoms. The highest BCUT2D eigenvalue weighted by Gasteiger charge is 2.50. The number of hydrogen-bond acceptors (Lipinski definition) is 4. The van der Waals surface area contributed by atoms with Crippen molar-refractivity contribution in [2.45, 2.75) is 52.3 Å². The summed E-state index contributed by atoms with van der Waals surface area (Å²) in [6.07, 6.45) is 5.28. The van der Waals surface area contributed by atoms with E-state index in [2.05, 4.69) is 10.3 Å². The second-order valence-electron chi connectivity index (χ2n) is 9.29. The number of hydrogen-bond donors (Lipinski definition) is 2. The molecule has 2 amide bonds. The van der Waals surface area contributed by atoms with Crippen LogP contribution in [-0.2, 0) is 21.7 Å². The van der Waals surface area contributed by atoms with Gasteiger partial charge < -0.3 is 19.9 Å². The quantitative estimate of drug-likeness (QED) is 0.714. The van der Waals surface area contributed by atoms with Crippen molar-refractivity contribution in [1.29, 1.82) is 0 Å². The van der Waals surface area contributed by atoms with Crippen LogP contribution in [0.1, 0.15) is 39.7 Å². The van der Waals surface area contributed by atoms with Crippen molar-refractivity contribution in [3.05, 3.63) is 53.6 Å². The first kappa shape index (κ1) is 23.3. The highest BCUT2D eigenvalue weighted by Crippen LogP contribution is 2.46. The number of nitrogens with one attached hydrogen (secondary N) is 1. The molecule has 31 heavy (non-hydrogen) atoms. The molecule has 0 radical (unpaired) electrons. The SMILES string of the molecule is CC(C)[C@@H](NC(=O)Cn1ccnc1)C(=O)N1CC[C@](O)(c2ccc(Cl)cc2)C(C)(C)C1. The zero-order chi connectivity index (χ0) is 22.8. The van der Waals surface area contributed by atoms with Gasteiger partial charge in [-0.15, -0.1) is 0 Å². The van der Waals surface area contributed by atoms with E-state index in [0.717, 1.165) is 5.56 Å². The van der Waals surface area contributed by atoms with E-state index in [1.165, 1.54) is 0 Å². The topological polar surface area (TPSA) is 87.5 Å². The molecular weight excluding hydrogens is 416 g/mol. The smallest absolute Gasteiger partial charge is 0.245 e. The molecule has 1 aromatic carbocycles. The largest absolute Gasteiger partial charge is 0.384 e. The van der Waals surface area contributed by atoms with Crippen LogP contribution in [0.5, 0.6) is 0 Å². The lowest BCUT2D eigenvalue weighted by molar-refractivity contribution is -0.156. The van der Waals surface area contributed by atoms with Gasteiger partial charge in [-0.3, -0.25) is 9.59 Å². The van der Waals surface area contributed by atoms with Gasteiger partial charge in [-0.1, -0.05) is 51.4 Å². The summed E-state index contributed by atoms with van der Waals surface area (Å²) >= 11 is 6.01. The van der Waals surface area contributed by atoms with Crippen molar-refractivity contribution in [3.8, 4) is 0 Å². The van der Waals surface area contributed by atoms with E-state index in [1.54, 1.807) is 40.3 Å². The number of carbonyl (C=O) groups excluding carboxylic acids is 2. The molecule has 1 saturated heterocycles. The molecule has 1 fully saturated rings. The Morgan fingerprint density at radius 1 is 1.26 bits per heavy atom. The van der Waals surface area contributed by atoms with Crippen molar-refractivity contribution in [1.82, 2.24) is 19.8 Å². The lowest BCUT2D eigenvalue weighted by Gasteiger charge is -2.51. The molecule has 0 spiro atoms. The maximum atomic E-state index is 13.4. The normalized spacial score (nSPS) is 21.7. The van der Waals surface area contributed by atoms with Crippen LogP contribution in [0.25, 0.3) is 0 Å². The summed E-state index contributed by atoms with van der Waals surface area (Å²) in [5, 5.41) is 15.0. The summed E-state index contributed by atoms with van der Waals surface area (Å²) < 4.78 is 1.66. The Morgan fingerprint density at radius 3 is 2.48 bits per heavy atom. The lowest BCUT2D eigenvalue weighted by atomic mass is 9.66. The average Bonchev–Trinajstić information content (AvgIpc) is 3.21. The molecule has 0 aliphatic carbocycles. The standard InChI is InChI=1S/C23H31ClN4O3/c1-16(2)20(26-19(29)13-27-12-10-25-15-27)21(30)28-11-9-23(31,22(3,4)14-28)17-5-7-18(24)8-6-17/h5-8,10,12,15-16,20,31H,9,11,13-14H2,1-4H3,(H,26,29)/t20-,23+/m1/s1. The fourth-order valence-electron chi connectivity index (χ4n) is 4.25. The average molecular weight is 447 g/mol. The fraction of sp³-hybridized carbons (Fsp3) is 0.522. The zero-order valence-corrected chi connectivity index (χ0v) is 19.3. The number of benzene rings is 1. The number of likely N-dealkylation sites (tertiary alicyclic amines) is 1. The monoisotopic (exact) mass is 446 g/mol. The Balaban J connectivity index is 1.72. The Labute approximate surface area is 188 Å². The molecule has 2 N–H and O–H groups in total. The number of aromatic nitrogens is 2. The van der Waals surface area contributed by atoms with E-state index in [0.29, 0.717) is 24.5 Å². The van der Waals surface area contributed by atoms with E-state index in [-0.39, 0.29) is 24.3 Å². The predicted molar refractivity (Wildman–Crippen MR) is 119 cm³/mol. The third-order valence-electron chi connectivity index (χ3n) is 6.22. The molecule has 0 saturated carbocycles. The first-order valence-corrected chi connectivity index (χ1v) is 10.9. The molecular formula is C23H31ClN4O3. The van der Waals surface area contributed by atoms with Crippen molar-refractivity contribution >= 4 is 23.4 Å². The van der Waals surface area contributed by atoms with Crippen LogP contribution in [0.2, 0.25) is 5.02 Å². The van der Waals surface area contributed by atoms with Crippen LogP contribution in [-0.4, -0.2) is 50.5 Å².